The molecular weight excluding hydrogens is 196 g/mol. The number of hydrogen-bond acceptors (Lipinski definition) is 1. The molecule has 1 heteroatoms. The summed E-state index contributed by atoms with van der Waals surface area (Å²) < 4.78 is 0. The van der Waals surface area contributed by atoms with Crippen molar-refractivity contribution in [2.24, 2.45) is 10.8 Å². The van der Waals surface area contributed by atoms with E-state index in [1.54, 1.807) is 5.57 Å². The first-order valence-electron chi connectivity index (χ1n) is 6.63. The maximum Gasteiger partial charge on any atom is 0.134 e. The van der Waals surface area contributed by atoms with Crippen LogP contribution in [0.3, 0.4) is 0 Å². The second kappa shape index (κ2) is 4.01. The van der Waals surface area contributed by atoms with E-state index in [-0.39, 0.29) is 10.8 Å². The van der Waals surface area contributed by atoms with Gasteiger partial charge in [0.05, 0.1) is 0 Å². The number of ketones is 1. The highest BCUT2D eigenvalue weighted by molar-refractivity contribution is 5.81. The summed E-state index contributed by atoms with van der Waals surface area (Å²) in [7, 11) is 0. The highest BCUT2D eigenvalue weighted by Gasteiger charge is 2.42. The van der Waals surface area contributed by atoms with Gasteiger partial charge in [0.15, 0.2) is 0 Å². The van der Waals surface area contributed by atoms with Gasteiger partial charge in [-0.1, -0.05) is 32.4 Å². The first-order valence-corrected chi connectivity index (χ1v) is 6.63. The van der Waals surface area contributed by atoms with Crippen molar-refractivity contribution in [1.82, 2.24) is 0 Å². The summed E-state index contributed by atoms with van der Waals surface area (Å²) in [5.74, 6) is 0.463. The Morgan fingerprint density at radius 2 is 1.88 bits per heavy atom. The molecule has 0 spiro atoms. The van der Waals surface area contributed by atoms with Crippen LogP contribution in [0.15, 0.2) is 11.6 Å². The van der Waals surface area contributed by atoms with Gasteiger partial charge in [0.1, 0.15) is 5.78 Å². The minimum Gasteiger partial charge on any atom is -0.300 e. The Hall–Kier alpha value is -0.590. The van der Waals surface area contributed by atoms with Crippen LogP contribution in [0.4, 0.5) is 0 Å². The molecule has 0 aliphatic heterocycles. The zero-order valence-corrected chi connectivity index (χ0v) is 10.9. The molecule has 1 nitrogen and oxygen atoms in total. The molecule has 0 saturated heterocycles. The Labute approximate surface area is 99.3 Å². The van der Waals surface area contributed by atoms with Crippen LogP contribution in [-0.4, -0.2) is 5.78 Å². The predicted octanol–water partition coefficient (Wildman–Crippen LogP) is 4.27. The lowest BCUT2D eigenvalue weighted by Crippen LogP contribution is -2.37. The Morgan fingerprint density at radius 1 is 1.12 bits per heavy atom. The molecule has 1 fully saturated rings. The van der Waals surface area contributed by atoms with Crippen molar-refractivity contribution in [1.29, 1.82) is 0 Å². The fraction of sp³-hybridized carbons (Fsp3) is 0.800. The van der Waals surface area contributed by atoms with E-state index >= 15 is 0 Å². The van der Waals surface area contributed by atoms with E-state index in [2.05, 4.69) is 26.8 Å². The van der Waals surface area contributed by atoms with E-state index in [1.807, 2.05) is 0 Å². The van der Waals surface area contributed by atoms with Crippen molar-refractivity contribution in [3.63, 3.8) is 0 Å². The smallest absolute Gasteiger partial charge is 0.134 e. The molecule has 1 unspecified atom stereocenters. The summed E-state index contributed by atoms with van der Waals surface area (Å²) in [6.07, 6.45) is 10.2. The fourth-order valence-electron chi connectivity index (χ4n) is 3.83. The molecule has 0 aromatic heterocycles. The Morgan fingerprint density at radius 3 is 2.44 bits per heavy atom. The molecule has 90 valence electrons. The van der Waals surface area contributed by atoms with Gasteiger partial charge in [-0.15, -0.1) is 0 Å². The second-order valence-corrected chi connectivity index (χ2v) is 6.77. The average molecular weight is 220 g/mol. The molecule has 2 aliphatic rings. The van der Waals surface area contributed by atoms with Gasteiger partial charge in [-0.05, 0) is 42.9 Å². The van der Waals surface area contributed by atoms with Crippen molar-refractivity contribution in [2.75, 3.05) is 0 Å². The third kappa shape index (κ3) is 2.39. The van der Waals surface area contributed by atoms with Gasteiger partial charge in [0.25, 0.3) is 0 Å². The zero-order chi connectivity index (χ0) is 11.8. The van der Waals surface area contributed by atoms with Crippen LogP contribution < -0.4 is 0 Å². The van der Waals surface area contributed by atoms with E-state index in [1.165, 1.54) is 32.1 Å². The summed E-state index contributed by atoms with van der Waals surface area (Å²) in [5.41, 5.74) is 1.93. The second-order valence-electron chi connectivity index (χ2n) is 6.77. The van der Waals surface area contributed by atoms with Crippen LogP contribution >= 0.6 is 0 Å². The molecular formula is C15H24O. The summed E-state index contributed by atoms with van der Waals surface area (Å²) >= 11 is 0. The summed E-state index contributed by atoms with van der Waals surface area (Å²) in [5, 5.41) is 0. The number of Topliss-reactive ketones (excluding diaryl/α,β-unsaturated/α-hetero) is 1. The van der Waals surface area contributed by atoms with Gasteiger partial charge in [0.2, 0.25) is 0 Å². The first kappa shape index (κ1) is 11.9. The van der Waals surface area contributed by atoms with Gasteiger partial charge in [-0.25, -0.2) is 0 Å². The largest absolute Gasteiger partial charge is 0.300 e. The van der Waals surface area contributed by atoms with E-state index in [9.17, 15) is 4.79 Å². The van der Waals surface area contributed by atoms with Crippen LogP contribution in [0.25, 0.3) is 0 Å². The molecule has 2 rings (SSSR count). The Kier molecular flexibility index (Phi) is 2.98. The zero-order valence-electron chi connectivity index (χ0n) is 10.9. The van der Waals surface area contributed by atoms with Crippen molar-refractivity contribution >= 4 is 5.78 Å². The lowest BCUT2D eigenvalue weighted by Gasteiger charge is -2.44. The molecule has 16 heavy (non-hydrogen) atoms. The number of allylic oxidation sites excluding steroid dienone is 2. The minimum atomic E-state index is 0.166. The fourth-order valence-corrected chi connectivity index (χ4v) is 3.83. The lowest BCUT2D eigenvalue weighted by molar-refractivity contribution is -0.126. The maximum absolute atomic E-state index is 11.9. The molecule has 2 aliphatic carbocycles. The van der Waals surface area contributed by atoms with Gasteiger partial charge < -0.3 is 0 Å². The first-order chi connectivity index (χ1) is 7.41. The van der Waals surface area contributed by atoms with Crippen LogP contribution in [-0.2, 0) is 4.79 Å². The van der Waals surface area contributed by atoms with E-state index in [0.717, 1.165) is 12.8 Å². The quantitative estimate of drug-likeness (QED) is 0.603. The van der Waals surface area contributed by atoms with E-state index in [4.69, 9.17) is 0 Å². The summed E-state index contributed by atoms with van der Waals surface area (Å²) in [4.78, 5) is 11.9. The standard InChI is InChI=1S/C15H24O/c1-14(2)9-13(16)10-15(3,11-14)12-7-5-4-6-8-12/h7H,4-6,8-11H2,1-3H3. The topological polar surface area (TPSA) is 17.1 Å². The molecule has 0 aromatic rings. The molecule has 0 heterocycles. The Balaban J connectivity index is 2.23. The van der Waals surface area contributed by atoms with Gasteiger partial charge in [-0.2, -0.15) is 0 Å². The Bertz CT molecular complexity index is 324. The van der Waals surface area contributed by atoms with Crippen LogP contribution in [0.5, 0.6) is 0 Å². The van der Waals surface area contributed by atoms with Crippen molar-refractivity contribution < 1.29 is 4.79 Å². The van der Waals surface area contributed by atoms with Crippen molar-refractivity contribution in [2.45, 2.75) is 65.7 Å². The van der Waals surface area contributed by atoms with Gasteiger partial charge >= 0.3 is 0 Å². The maximum atomic E-state index is 11.9. The highest BCUT2D eigenvalue weighted by Crippen LogP contribution is 2.50. The third-order valence-electron chi connectivity index (χ3n) is 4.20. The number of carbonyl (C=O) groups is 1. The molecule has 1 saturated carbocycles. The summed E-state index contributed by atoms with van der Waals surface area (Å²) in [6.45, 7) is 6.79. The number of rotatable bonds is 1. The van der Waals surface area contributed by atoms with E-state index in [0.29, 0.717) is 5.78 Å². The minimum absolute atomic E-state index is 0.166. The van der Waals surface area contributed by atoms with E-state index < -0.39 is 0 Å². The van der Waals surface area contributed by atoms with Crippen LogP contribution in [0, 0.1) is 10.8 Å². The predicted molar refractivity (Wildman–Crippen MR) is 67.3 cm³/mol. The highest BCUT2D eigenvalue weighted by atomic mass is 16.1. The van der Waals surface area contributed by atoms with Gasteiger partial charge in [0, 0.05) is 12.8 Å². The van der Waals surface area contributed by atoms with Crippen molar-refractivity contribution in [3.8, 4) is 0 Å². The molecule has 0 radical (unpaired) electrons. The van der Waals surface area contributed by atoms with Crippen LogP contribution in [0.1, 0.15) is 65.7 Å². The SMILES string of the molecule is CC1(C)CC(=O)CC(C)(C2=CCCCC2)C1. The summed E-state index contributed by atoms with van der Waals surface area (Å²) in [6, 6.07) is 0. The molecule has 0 N–H and O–H groups in total. The molecule has 1 atom stereocenters. The number of carbonyl (C=O) groups excluding carboxylic acids is 1. The monoisotopic (exact) mass is 220 g/mol. The third-order valence-corrected chi connectivity index (χ3v) is 4.20. The normalized spacial score (nSPS) is 34.7. The molecule has 0 aromatic carbocycles. The molecule has 0 amide bonds. The van der Waals surface area contributed by atoms with Crippen LogP contribution in [0.2, 0.25) is 0 Å². The van der Waals surface area contributed by atoms with Crippen molar-refractivity contribution in [3.05, 3.63) is 11.6 Å². The average Bonchev–Trinajstić information content (AvgIpc) is 2.15. The lowest BCUT2D eigenvalue weighted by atomic mass is 9.60. The number of hydrogen-bond donors (Lipinski definition) is 0. The molecule has 0 bridgehead atoms. The van der Waals surface area contributed by atoms with Gasteiger partial charge in [-0.3, -0.25) is 4.79 Å².